The Balaban J connectivity index is 2.82. The molecule has 1 aromatic carbocycles. The number of ether oxygens (including phenoxy) is 1. The van der Waals surface area contributed by atoms with Gasteiger partial charge in [-0.25, -0.2) is 9.79 Å². The Kier molecular flexibility index (Phi) is 6.87. The topological polar surface area (TPSA) is 89.5 Å². The molecule has 7 heteroatoms. The summed E-state index contributed by atoms with van der Waals surface area (Å²) >= 11 is 1.23. The molecule has 0 amide bonds. The molecule has 0 aliphatic carbocycles. The first-order valence-electron chi connectivity index (χ1n) is 8.13. The molecular weight excluding hydrogens is 360 g/mol. The highest BCUT2D eigenvalue weighted by Crippen LogP contribution is 2.43. The number of nitriles is 2. The number of rotatable bonds is 6. The zero-order valence-electron chi connectivity index (χ0n) is 15.3. The maximum atomic E-state index is 12.7. The normalized spacial score (nSPS) is 10.1. The molecule has 2 aromatic rings. The fourth-order valence-corrected chi connectivity index (χ4v) is 3.40. The van der Waals surface area contributed by atoms with Crippen molar-refractivity contribution in [3.8, 4) is 23.3 Å². The predicted octanol–water partition coefficient (Wildman–Crippen LogP) is 4.24. The van der Waals surface area contributed by atoms with E-state index in [9.17, 15) is 4.79 Å². The van der Waals surface area contributed by atoms with Crippen molar-refractivity contribution >= 4 is 34.7 Å². The summed E-state index contributed by atoms with van der Waals surface area (Å²) in [5.41, 5.74) is 1.66. The van der Waals surface area contributed by atoms with Gasteiger partial charge >= 0.3 is 5.97 Å². The van der Waals surface area contributed by atoms with E-state index in [0.29, 0.717) is 21.0 Å². The summed E-state index contributed by atoms with van der Waals surface area (Å²) in [5.74, 6) is -0.492. The minimum absolute atomic E-state index is 0.0491. The lowest BCUT2D eigenvalue weighted by Crippen LogP contribution is -2.08. The number of nitrogens with zero attached hydrogens (tertiary/aromatic N) is 4. The molecule has 1 heterocycles. The number of hydrogen-bond acceptors (Lipinski definition) is 6. The highest BCUT2D eigenvalue weighted by Gasteiger charge is 2.25. The lowest BCUT2D eigenvalue weighted by molar-refractivity contribution is 0.0529. The summed E-state index contributed by atoms with van der Waals surface area (Å²) in [6.45, 7) is 1.96. The highest BCUT2D eigenvalue weighted by molar-refractivity contribution is 7.17. The standard InChI is InChI=1S/C20H18N4O2S/c1-4-26-20(25)18-17(15-8-6-5-7-9-15)16(10-14(11-21)12-22)27-19(18)23-13-24(2)3/h5-10,13H,4H2,1-3H3/b23-13+. The van der Waals surface area contributed by atoms with E-state index in [0.717, 1.165) is 5.56 Å². The van der Waals surface area contributed by atoms with Crippen LogP contribution in [-0.4, -0.2) is 37.9 Å². The Hall–Kier alpha value is -3.42. The molecule has 2 rings (SSSR count). The van der Waals surface area contributed by atoms with E-state index >= 15 is 0 Å². The minimum atomic E-state index is -0.492. The molecule has 1 aromatic heterocycles. The maximum Gasteiger partial charge on any atom is 0.341 e. The summed E-state index contributed by atoms with van der Waals surface area (Å²) in [5, 5.41) is 18.7. The summed E-state index contributed by atoms with van der Waals surface area (Å²) in [4.78, 5) is 19.4. The molecular formula is C20H18N4O2S. The van der Waals surface area contributed by atoms with Gasteiger partial charge in [0.15, 0.2) is 0 Å². The highest BCUT2D eigenvalue weighted by atomic mass is 32.1. The van der Waals surface area contributed by atoms with E-state index in [2.05, 4.69) is 4.99 Å². The lowest BCUT2D eigenvalue weighted by Gasteiger charge is -2.07. The molecule has 0 atom stereocenters. The SMILES string of the molecule is CCOC(=O)c1c(/N=C/N(C)C)sc(C=C(C#N)C#N)c1-c1ccccc1. The van der Waals surface area contributed by atoms with E-state index in [1.165, 1.54) is 17.4 Å². The smallest absolute Gasteiger partial charge is 0.341 e. The Morgan fingerprint density at radius 3 is 2.48 bits per heavy atom. The van der Waals surface area contributed by atoms with Crippen LogP contribution in [0.1, 0.15) is 22.2 Å². The molecule has 6 nitrogen and oxygen atoms in total. The number of thiophene rings is 1. The number of aliphatic imine (C=N–C) groups is 1. The van der Waals surface area contributed by atoms with Gasteiger partial charge in [-0.1, -0.05) is 30.3 Å². The Bertz CT molecular complexity index is 944. The molecule has 0 saturated heterocycles. The molecule has 136 valence electrons. The average molecular weight is 378 g/mol. The first-order chi connectivity index (χ1) is 13.0. The number of carbonyl (C=O) groups is 1. The van der Waals surface area contributed by atoms with Crippen molar-refractivity contribution < 1.29 is 9.53 Å². The van der Waals surface area contributed by atoms with Gasteiger partial charge < -0.3 is 9.64 Å². The number of esters is 1. The van der Waals surface area contributed by atoms with Gasteiger partial charge in [0.25, 0.3) is 0 Å². The zero-order chi connectivity index (χ0) is 19.8. The van der Waals surface area contributed by atoms with Crippen LogP contribution in [0.25, 0.3) is 17.2 Å². The minimum Gasteiger partial charge on any atom is -0.462 e. The molecule has 0 radical (unpaired) electrons. The molecule has 0 aliphatic heterocycles. The summed E-state index contributed by atoms with van der Waals surface area (Å²) < 4.78 is 5.24. The molecule has 0 fully saturated rings. The van der Waals surface area contributed by atoms with Gasteiger partial charge in [-0.15, -0.1) is 11.3 Å². The van der Waals surface area contributed by atoms with Crippen LogP contribution in [0.2, 0.25) is 0 Å². The van der Waals surface area contributed by atoms with E-state index in [1.54, 1.807) is 18.2 Å². The van der Waals surface area contributed by atoms with Crippen LogP contribution in [0.3, 0.4) is 0 Å². The third-order valence-corrected chi connectivity index (χ3v) is 4.43. The second-order valence-electron chi connectivity index (χ2n) is 5.60. The van der Waals surface area contributed by atoms with Crippen molar-refractivity contribution in [3.63, 3.8) is 0 Å². The maximum absolute atomic E-state index is 12.7. The van der Waals surface area contributed by atoms with Crippen molar-refractivity contribution in [2.24, 2.45) is 4.99 Å². The van der Waals surface area contributed by atoms with Crippen LogP contribution in [0.4, 0.5) is 5.00 Å². The summed E-state index contributed by atoms with van der Waals surface area (Å²) in [7, 11) is 3.65. The van der Waals surface area contributed by atoms with Crippen LogP contribution < -0.4 is 0 Å². The second-order valence-corrected chi connectivity index (χ2v) is 6.63. The lowest BCUT2D eigenvalue weighted by atomic mass is 10.0. The van der Waals surface area contributed by atoms with Gasteiger partial charge in [0.1, 0.15) is 28.3 Å². The third-order valence-electron chi connectivity index (χ3n) is 3.38. The van der Waals surface area contributed by atoms with Crippen LogP contribution in [-0.2, 0) is 4.74 Å². The van der Waals surface area contributed by atoms with Crippen molar-refractivity contribution in [2.45, 2.75) is 6.92 Å². The molecule has 27 heavy (non-hydrogen) atoms. The second kappa shape index (κ2) is 9.33. The summed E-state index contributed by atoms with van der Waals surface area (Å²) in [6.07, 6.45) is 3.07. The van der Waals surface area contributed by atoms with Gasteiger partial charge in [0.05, 0.1) is 12.9 Å². The van der Waals surface area contributed by atoms with Crippen LogP contribution in [0.5, 0.6) is 0 Å². The number of hydrogen-bond donors (Lipinski definition) is 0. The third kappa shape index (κ3) is 4.81. The van der Waals surface area contributed by atoms with E-state index in [1.807, 2.05) is 56.6 Å². The number of benzene rings is 1. The van der Waals surface area contributed by atoms with Gasteiger partial charge in [0, 0.05) is 24.5 Å². The van der Waals surface area contributed by atoms with Crippen LogP contribution in [0, 0.1) is 22.7 Å². The largest absolute Gasteiger partial charge is 0.462 e. The Morgan fingerprint density at radius 2 is 1.93 bits per heavy atom. The molecule has 0 unspecified atom stereocenters. The molecule has 0 N–H and O–H groups in total. The number of carbonyl (C=O) groups excluding carboxylic acids is 1. The van der Waals surface area contributed by atoms with Crippen LogP contribution in [0.15, 0.2) is 40.9 Å². The van der Waals surface area contributed by atoms with E-state index in [4.69, 9.17) is 15.3 Å². The fraction of sp³-hybridized carbons (Fsp3) is 0.200. The Labute approximate surface area is 162 Å². The van der Waals surface area contributed by atoms with Gasteiger partial charge in [-0.3, -0.25) is 0 Å². The molecule has 0 bridgehead atoms. The first-order valence-corrected chi connectivity index (χ1v) is 8.95. The fourth-order valence-electron chi connectivity index (χ4n) is 2.30. The Morgan fingerprint density at radius 1 is 1.26 bits per heavy atom. The number of allylic oxidation sites excluding steroid dienone is 1. The van der Waals surface area contributed by atoms with E-state index < -0.39 is 5.97 Å². The predicted molar refractivity (Wildman–Crippen MR) is 107 cm³/mol. The van der Waals surface area contributed by atoms with Crippen molar-refractivity contribution in [1.82, 2.24) is 4.90 Å². The molecule has 0 saturated carbocycles. The van der Waals surface area contributed by atoms with Crippen molar-refractivity contribution in [3.05, 3.63) is 46.3 Å². The molecule has 0 spiro atoms. The summed E-state index contributed by atoms with van der Waals surface area (Å²) in [6, 6.07) is 13.0. The van der Waals surface area contributed by atoms with Gasteiger partial charge in [-0.2, -0.15) is 10.5 Å². The van der Waals surface area contributed by atoms with Crippen molar-refractivity contribution in [1.29, 1.82) is 10.5 Å². The first kappa shape index (κ1) is 19.9. The zero-order valence-corrected chi connectivity index (χ0v) is 16.1. The molecule has 0 aliphatic rings. The average Bonchev–Trinajstić information content (AvgIpc) is 3.03. The van der Waals surface area contributed by atoms with Gasteiger partial charge in [-0.05, 0) is 18.6 Å². The monoisotopic (exact) mass is 378 g/mol. The van der Waals surface area contributed by atoms with Crippen LogP contribution >= 0.6 is 11.3 Å². The van der Waals surface area contributed by atoms with E-state index in [-0.39, 0.29) is 12.2 Å². The van der Waals surface area contributed by atoms with Crippen molar-refractivity contribution in [2.75, 3.05) is 20.7 Å². The van der Waals surface area contributed by atoms with Gasteiger partial charge in [0.2, 0.25) is 0 Å². The quantitative estimate of drug-likeness (QED) is 0.324.